The lowest BCUT2D eigenvalue weighted by Crippen LogP contribution is -2.15. The molecule has 0 aliphatic heterocycles. The van der Waals surface area contributed by atoms with E-state index in [9.17, 15) is 0 Å². The Balaban J connectivity index is 1.85. The number of hydrogen-bond acceptors (Lipinski definition) is 5. The van der Waals surface area contributed by atoms with Gasteiger partial charge in [-0.05, 0) is 13.3 Å². The quantitative estimate of drug-likeness (QED) is 0.475. The van der Waals surface area contributed by atoms with E-state index in [0.717, 1.165) is 53.5 Å². The molecule has 4 aromatic rings. The average molecular weight is 387 g/mol. The summed E-state index contributed by atoms with van der Waals surface area (Å²) in [5, 5.41) is 4.39. The van der Waals surface area contributed by atoms with E-state index in [1.165, 1.54) is 0 Å². The van der Waals surface area contributed by atoms with Gasteiger partial charge in [-0.2, -0.15) is 5.10 Å². The molecule has 1 unspecified atom stereocenters. The highest BCUT2D eigenvalue weighted by molar-refractivity contribution is 5.78. The van der Waals surface area contributed by atoms with Crippen molar-refractivity contribution in [3.63, 3.8) is 0 Å². The lowest BCUT2D eigenvalue weighted by molar-refractivity contribution is 0.508. The summed E-state index contributed by atoms with van der Waals surface area (Å²) < 4.78 is 4.11. The second-order valence-corrected chi connectivity index (χ2v) is 6.97. The maximum absolute atomic E-state index is 4.76. The Morgan fingerprint density at radius 3 is 2.38 bits per heavy atom. The summed E-state index contributed by atoms with van der Waals surface area (Å²) in [5.41, 5.74) is 3.89. The monoisotopic (exact) mass is 387 g/mol. The highest BCUT2D eigenvalue weighted by Crippen LogP contribution is 2.34. The van der Waals surface area contributed by atoms with E-state index in [-0.39, 0.29) is 6.04 Å². The molecule has 3 heterocycles. The minimum atomic E-state index is -0.0325. The Morgan fingerprint density at radius 1 is 0.931 bits per heavy atom. The molecule has 0 bridgehead atoms. The van der Waals surface area contributed by atoms with Crippen molar-refractivity contribution in [3.8, 4) is 22.5 Å². The normalized spacial score (nSPS) is 12.2. The number of nitrogens with zero attached hydrogens (tertiary/aromatic N) is 7. The van der Waals surface area contributed by atoms with Crippen molar-refractivity contribution in [2.45, 2.75) is 46.2 Å². The predicted octanol–water partition coefficient (Wildman–Crippen LogP) is 4.18. The van der Waals surface area contributed by atoms with Crippen LogP contribution in [0.2, 0.25) is 0 Å². The molecule has 0 saturated heterocycles. The van der Waals surface area contributed by atoms with Crippen LogP contribution >= 0.6 is 0 Å². The van der Waals surface area contributed by atoms with E-state index >= 15 is 0 Å². The summed E-state index contributed by atoms with van der Waals surface area (Å²) in [4.78, 5) is 18.3. The summed E-state index contributed by atoms with van der Waals surface area (Å²) in [6, 6.07) is 10.2. The molecule has 7 nitrogen and oxygen atoms in total. The first kappa shape index (κ1) is 19.0. The fourth-order valence-electron chi connectivity index (χ4n) is 3.51. The van der Waals surface area contributed by atoms with Gasteiger partial charge in [0.05, 0.1) is 23.8 Å². The zero-order valence-electron chi connectivity index (χ0n) is 17.0. The zero-order chi connectivity index (χ0) is 20.2. The number of aromatic nitrogens is 7. The molecule has 0 spiro atoms. The molecule has 1 aromatic carbocycles. The summed E-state index contributed by atoms with van der Waals surface area (Å²) in [6.07, 6.45) is 9.07. The molecule has 29 heavy (non-hydrogen) atoms. The van der Waals surface area contributed by atoms with E-state index in [1.807, 2.05) is 41.6 Å². The van der Waals surface area contributed by atoms with Gasteiger partial charge < -0.3 is 4.57 Å². The Labute approximate surface area is 170 Å². The van der Waals surface area contributed by atoms with Crippen LogP contribution in [0.15, 0.2) is 55.4 Å². The van der Waals surface area contributed by atoms with Crippen LogP contribution in [0.1, 0.15) is 44.9 Å². The first-order valence-corrected chi connectivity index (χ1v) is 10.0. The fourth-order valence-corrected chi connectivity index (χ4v) is 3.51. The third-order valence-corrected chi connectivity index (χ3v) is 5.01. The number of rotatable bonds is 7. The Bertz CT molecular complexity index is 1060. The van der Waals surface area contributed by atoms with E-state index in [4.69, 9.17) is 4.98 Å². The van der Waals surface area contributed by atoms with Crippen molar-refractivity contribution in [1.29, 1.82) is 0 Å². The Hall–Kier alpha value is -3.35. The maximum atomic E-state index is 4.76. The van der Waals surface area contributed by atoms with Gasteiger partial charge in [0, 0.05) is 36.5 Å². The first-order chi connectivity index (χ1) is 14.2. The van der Waals surface area contributed by atoms with Gasteiger partial charge in [0.15, 0.2) is 0 Å². The molecule has 0 aliphatic carbocycles. The van der Waals surface area contributed by atoms with E-state index in [0.29, 0.717) is 0 Å². The minimum absolute atomic E-state index is 0.0325. The van der Waals surface area contributed by atoms with Gasteiger partial charge in [0.25, 0.3) is 0 Å². The standard InChI is InChI=1S/C22H25N7/c1-4-11-29-22(25-14-27-29)16(3)28-15-26-20(17-9-7-6-8-10-17)21(28)18-12-23-19(5-2)24-13-18/h6-10,12-16H,4-5,11H2,1-3H3. The first-order valence-electron chi connectivity index (χ1n) is 10.0. The molecule has 0 fully saturated rings. The van der Waals surface area contributed by atoms with Crippen molar-refractivity contribution >= 4 is 0 Å². The van der Waals surface area contributed by atoms with Gasteiger partial charge in [-0.3, -0.25) is 0 Å². The molecular formula is C22H25N7. The SMILES string of the molecule is CCCn1ncnc1C(C)n1cnc(-c2ccccc2)c1-c1cnc(CC)nc1. The average Bonchev–Trinajstić information content (AvgIpc) is 3.41. The van der Waals surface area contributed by atoms with Gasteiger partial charge in [-0.1, -0.05) is 44.2 Å². The van der Waals surface area contributed by atoms with Crippen molar-refractivity contribution in [2.75, 3.05) is 0 Å². The third kappa shape index (κ3) is 3.68. The van der Waals surface area contributed by atoms with Gasteiger partial charge in [-0.25, -0.2) is 24.6 Å². The van der Waals surface area contributed by atoms with Crippen LogP contribution in [0.3, 0.4) is 0 Å². The summed E-state index contributed by atoms with van der Waals surface area (Å²) >= 11 is 0. The molecule has 0 radical (unpaired) electrons. The van der Waals surface area contributed by atoms with Crippen LogP contribution in [-0.4, -0.2) is 34.3 Å². The van der Waals surface area contributed by atoms with Crippen molar-refractivity contribution in [2.24, 2.45) is 0 Å². The third-order valence-electron chi connectivity index (χ3n) is 5.01. The number of imidazole rings is 1. The molecule has 4 rings (SSSR count). The summed E-state index contributed by atoms with van der Waals surface area (Å²) in [7, 11) is 0. The molecule has 0 N–H and O–H groups in total. The number of aryl methyl sites for hydroxylation is 2. The van der Waals surface area contributed by atoms with Gasteiger partial charge in [0.1, 0.15) is 18.0 Å². The van der Waals surface area contributed by atoms with Crippen molar-refractivity contribution < 1.29 is 0 Å². The summed E-state index contributed by atoms with van der Waals surface area (Å²) in [5.74, 6) is 1.74. The molecule has 3 aromatic heterocycles. The number of hydrogen-bond donors (Lipinski definition) is 0. The van der Waals surface area contributed by atoms with Crippen LogP contribution in [0.4, 0.5) is 0 Å². The van der Waals surface area contributed by atoms with Gasteiger partial charge in [0.2, 0.25) is 0 Å². The van der Waals surface area contributed by atoms with Gasteiger partial charge in [-0.15, -0.1) is 0 Å². The van der Waals surface area contributed by atoms with Crippen molar-refractivity contribution in [1.82, 2.24) is 34.3 Å². The van der Waals surface area contributed by atoms with E-state index in [2.05, 4.69) is 57.5 Å². The Kier molecular flexibility index (Phi) is 5.46. The highest BCUT2D eigenvalue weighted by Gasteiger charge is 2.22. The van der Waals surface area contributed by atoms with Gasteiger partial charge >= 0.3 is 0 Å². The fraction of sp³-hybridized carbons (Fsp3) is 0.318. The van der Waals surface area contributed by atoms with Crippen LogP contribution in [0.5, 0.6) is 0 Å². The largest absolute Gasteiger partial charge is 0.319 e. The van der Waals surface area contributed by atoms with Crippen LogP contribution < -0.4 is 0 Å². The number of benzene rings is 1. The zero-order valence-corrected chi connectivity index (χ0v) is 17.0. The lowest BCUT2D eigenvalue weighted by atomic mass is 10.1. The lowest BCUT2D eigenvalue weighted by Gasteiger charge is -2.18. The van der Waals surface area contributed by atoms with Crippen LogP contribution in [0, 0.1) is 0 Å². The minimum Gasteiger partial charge on any atom is -0.319 e. The van der Waals surface area contributed by atoms with Crippen molar-refractivity contribution in [3.05, 3.63) is 67.0 Å². The molecule has 1 atom stereocenters. The molecule has 148 valence electrons. The van der Waals surface area contributed by atoms with Crippen LogP contribution in [0.25, 0.3) is 22.5 Å². The molecule has 7 heteroatoms. The molecular weight excluding hydrogens is 362 g/mol. The topological polar surface area (TPSA) is 74.3 Å². The maximum Gasteiger partial charge on any atom is 0.149 e. The second kappa shape index (κ2) is 8.34. The molecule has 0 aliphatic rings. The second-order valence-electron chi connectivity index (χ2n) is 6.97. The van der Waals surface area contributed by atoms with Crippen LogP contribution in [-0.2, 0) is 13.0 Å². The summed E-state index contributed by atoms with van der Waals surface area (Å²) in [6.45, 7) is 7.15. The van der Waals surface area contributed by atoms with E-state index < -0.39 is 0 Å². The molecule has 0 amide bonds. The predicted molar refractivity (Wildman–Crippen MR) is 112 cm³/mol. The smallest absolute Gasteiger partial charge is 0.149 e. The Morgan fingerprint density at radius 2 is 1.69 bits per heavy atom. The highest BCUT2D eigenvalue weighted by atomic mass is 15.3. The molecule has 0 saturated carbocycles. The van der Waals surface area contributed by atoms with E-state index in [1.54, 1.807) is 6.33 Å².